The van der Waals surface area contributed by atoms with Crippen molar-refractivity contribution in [3.05, 3.63) is 29.8 Å². The first-order valence-corrected chi connectivity index (χ1v) is 4.98. The summed E-state index contributed by atoms with van der Waals surface area (Å²) in [5, 5.41) is 3.47. The van der Waals surface area contributed by atoms with E-state index in [0.29, 0.717) is 6.04 Å². The Morgan fingerprint density at radius 3 is 3.08 bits per heavy atom. The van der Waals surface area contributed by atoms with Crippen molar-refractivity contribution in [1.82, 2.24) is 0 Å². The molecule has 1 heterocycles. The summed E-state index contributed by atoms with van der Waals surface area (Å²) in [5.41, 5.74) is 2.73. The lowest BCUT2D eigenvalue weighted by atomic mass is 9.99. The quantitative estimate of drug-likeness (QED) is 0.631. The highest BCUT2D eigenvalue weighted by atomic mass is 32.1. The molecular weight excluding hydrogens is 166 g/mol. The van der Waals surface area contributed by atoms with E-state index in [1.54, 1.807) is 0 Å². The Labute approximate surface area is 78.6 Å². The zero-order valence-electron chi connectivity index (χ0n) is 6.96. The van der Waals surface area contributed by atoms with Gasteiger partial charge in [-0.2, -0.15) is 12.6 Å². The van der Waals surface area contributed by atoms with Crippen molar-refractivity contribution in [1.29, 1.82) is 0 Å². The van der Waals surface area contributed by atoms with Gasteiger partial charge in [-0.25, -0.2) is 0 Å². The molecule has 1 unspecified atom stereocenters. The lowest BCUT2D eigenvalue weighted by Crippen LogP contribution is -2.26. The van der Waals surface area contributed by atoms with E-state index in [1.165, 1.54) is 24.1 Å². The van der Waals surface area contributed by atoms with E-state index in [-0.39, 0.29) is 0 Å². The summed E-state index contributed by atoms with van der Waals surface area (Å²) in [5.74, 6) is 0.925. The standard InChI is InChI=1S/C10H13NS/c12-7-9-6-5-8-3-1-2-4-10(8)11-9/h1-4,9,11-12H,5-7H2. The summed E-state index contributed by atoms with van der Waals surface area (Å²) < 4.78 is 0. The highest BCUT2D eigenvalue weighted by Gasteiger charge is 2.14. The SMILES string of the molecule is SCC1CCc2ccccc2N1. The van der Waals surface area contributed by atoms with E-state index in [1.807, 2.05) is 0 Å². The van der Waals surface area contributed by atoms with Gasteiger partial charge in [0.1, 0.15) is 0 Å². The molecule has 1 aliphatic rings. The number of thiol groups is 1. The van der Waals surface area contributed by atoms with Gasteiger partial charge in [0, 0.05) is 17.5 Å². The number of para-hydroxylation sites is 1. The predicted molar refractivity (Wildman–Crippen MR) is 56.0 cm³/mol. The molecule has 1 nitrogen and oxygen atoms in total. The molecule has 12 heavy (non-hydrogen) atoms. The van der Waals surface area contributed by atoms with Crippen molar-refractivity contribution >= 4 is 18.3 Å². The maximum atomic E-state index is 4.29. The van der Waals surface area contributed by atoms with Gasteiger partial charge in [0.05, 0.1) is 0 Å². The van der Waals surface area contributed by atoms with Crippen molar-refractivity contribution in [2.75, 3.05) is 11.1 Å². The van der Waals surface area contributed by atoms with Crippen molar-refractivity contribution in [3.63, 3.8) is 0 Å². The third-order valence-corrected chi connectivity index (χ3v) is 2.80. The molecule has 0 spiro atoms. The topological polar surface area (TPSA) is 12.0 Å². The smallest absolute Gasteiger partial charge is 0.0375 e. The number of benzene rings is 1. The minimum Gasteiger partial charge on any atom is -0.381 e. The second kappa shape index (κ2) is 3.40. The molecule has 0 fully saturated rings. The molecule has 1 aliphatic heterocycles. The molecule has 0 aromatic heterocycles. The van der Waals surface area contributed by atoms with Crippen LogP contribution in [0.2, 0.25) is 0 Å². The first kappa shape index (κ1) is 7.99. The van der Waals surface area contributed by atoms with E-state index < -0.39 is 0 Å². The van der Waals surface area contributed by atoms with Gasteiger partial charge in [-0.3, -0.25) is 0 Å². The molecule has 2 rings (SSSR count). The molecule has 1 aromatic rings. The molecule has 64 valence electrons. The lowest BCUT2D eigenvalue weighted by Gasteiger charge is -2.25. The second-order valence-corrected chi connectivity index (χ2v) is 3.58. The molecular formula is C10H13NS. The average Bonchev–Trinajstić information content (AvgIpc) is 2.17. The van der Waals surface area contributed by atoms with Crippen LogP contribution in [0.25, 0.3) is 0 Å². The third kappa shape index (κ3) is 1.44. The van der Waals surface area contributed by atoms with E-state index in [0.717, 1.165) is 5.75 Å². The number of hydrogen-bond acceptors (Lipinski definition) is 2. The van der Waals surface area contributed by atoms with Crippen molar-refractivity contribution in [2.24, 2.45) is 0 Å². The van der Waals surface area contributed by atoms with Gasteiger partial charge in [0.15, 0.2) is 0 Å². The first-order chi connectivity index (χ1) is 5.90. The van der Waals surface area contributed by atoms with E-state index >= 15 is 0 Å². The van der Waals surface area contributed by atoms with Crippen molar-refractivity contribution in [3.8, 4) is 0 Å². The van der Waals surface area contributed by atoms with Crippen LogP contribution < -0.4 is 5.32 Å². The van der Waals surface area contributed by atoms with Gasteiger partial charge in [-0.05, 0) is 24.5 Å². The Kier molecular flexibility index (Phi) is 2.26. The third-order valence-electron chi connectivity index (χ3n) is 2.36. The fraction of sp³-hybridized carbons (Fsp3) is 0.400. The lowest BCUT2D eigenvalue weighted by molar-refractivity contribution is 0.690. The van der Waals surface area contributed by atoms with Crippen LogP contribution in [-0.4, -0.2) is 11.8 Å². The average molecular weight is 179 g/mol. The van der Waals surface area contributed by atoms with Crippen molar-refractivity contribution < 1.29 is 0 Å². The van der Waals surface area contributed by atoms with Gasteiger partial charge >= 0.3 is 0 Å². The zero-order valence-corrected chi connectivity index (χ0v) is 7.85. The number of rotatable bonds is 1. The van der Waals surface area contributed by atoms with E-state index in [2.05, 4.69) is 42.2 Å². The molecule has 1 N–H and O–H groups in total. The number of hydrogen-bond donors (Lipinski definition) is 2. The van der Waals surface area contributed by atoms with Crippen LogP contribution in [0, 0.1) is 0 Å². The second-order valence-electron chi connectivity index (χ2n) is 3.22. The van der Waals surface area contributed by atoms with Gasteiger partial charge in [0.2, 0.25) is 0 Å². The number of anilines is 1. The highest BCUT2D eigenvalue weighted by Crippen LogP contribution is 2.24. The molecule has 0 aliphatic carbocycles. The molecule has 1 atom stereocenters. The van der Waals surface area contributed by atoms with Gasteiger partial charge in [-0.15, -0.1) is 0 Å². The fourth-order valence-electron chi connectivity index (χ4n) is 1.64. The van der Waals surface area contributed by atoms with Crippen LogP contribution >= 0.6 is 12.6 Å². The molecule has 0 saturated heterocycles. The normalized spacial score (nSPS) is 21.2. The largest absolute Gasteiger partial charge is 0.381 e. The molecule has 0 radical (unpaired) electrons. The minimum atomic E-state index is 0.559. The monoisotopic (exact) mass is 179 g/mol. The van der Waals surface area contributed by atoms with Crippen molar-refractivity contribution in [2.45, 2.75) is 18.9 Å². The van der Waals surface area contributed by atoms with E-state index in [4.69, 9.17) is 0 Å². The summed E-state index contributed by atoms with van der Waals surface area (Å²) in [7, 11) is 0. The molecule has 0 saturated carbocycles. The Balaban J connectivity index is 2.23. The first-order valence-electron chi connectivity index (χ1n) is 4.35. The summed E-state index contributed by atoms with van der Waals surface area (Å²) in [6, 6.07) is 9.07. The maximum Gasteiger partial charge on any atom is 0.0375 e. The van der Waals surface area contributed by atoms with Crippen LogP contribution in [0.4, 0.5) is 5.69 Å². The number of aryl methyl sites for hydroxylation is 1. The minimum absolute atomic E-state index is 0.559. The number of nitrogens with one attached hydrogen (secondary N) is 1. The van der Waals surface area contributed by atoms with Gasteiger partial charge in [-0.1, -0.05) is 18.2 Å². The van der Waals surface area contributed by atoms with Crippen LogP contribution in [0.3, 0.4) is 0 Å². The Bertz CT molecular complexity index is 272. The number of fused-ring (bicyclic) bond motifs is 1. The molecule has 1 aromatic carbocycles. The summed E-state index contributed by atoms with van der Waals surface area (Å²) >= 11 is 4.29. The predicted octanol–water partition coefficient (Wildman–Crippen LogP) is 2.34. The van der Waals surface area contributed by atoms with Crippen LogP contribution in [0.5, 0.6) is 0 Å². The summed E-state index contributed by atoms with van der Waals surface area (Å²) in [4.78, 5) is 0. The van der Waals surface area contributed by atoms with Crippen LogP contribution in [0.1, 0.15) is 12.0 Å². The Morgan fingerprint density at radius 2 is 2.25 bits per heavy atom. The summed E-state index contributed by atoms with van der Waals surface area (Å²) in [6.07, 6.45) is 2.40. The van der Waals surface area contributed by atoms with Gasteiger partial charge < -0.3 is 5.32 Å². The van der Waals surface area contributed by atoms with Crippen LogP contribution in [0.15, 0.2) is 24.3 Å². The summed E-state index contributed by atoms with van der Waals surface area (Å²) in [6.45, 7) is 0. The maximum absolute atomic E-state index is 4.29. The Morgan fingerprint density at radius 1 is 1.42 bits per heavy atom. The molecule has 0 bridgehead atoms. The Hall–Kier alpha value is -0.630. The molecule has 2 heteroatoms. The van der Waals surface area contributed by atoms with Crippen LogP contribution in [-0.2, 0) is 6.42 Å². The highest BCUT2D eigenvalue weighted by molar-refractivity contribution is 7.80. The fourth-order valence-corrected chi connectivity index (χ4v) is 1.91. The van der Waals surface area contributed by atoms with Gasteiger partial charge in [0.25, 0.3) is 0 Å². The van der Waals surface area contributed by atoms with E-state index in [9.17, 15) is 0 Å². The zero-order chi connectivity index (χ0) is 8.39. The molecule has 0 amide bonds.